The molecule has 0 unspecified atom stereocenters. The minimum Gasteiger partial charge on any atom is -0.490 e. The number of carbonyl (C=O) groups is 1. The Labute approximate surface area is 140 Å². The Bertz CT molecular complexity index is 675. The molecule has 5 heteroatoms. The summed E-state index contributed by atoms with van der Waals surface area (Å²) in [7, 11) is 0. The number of benzene rings is 2. The van der Waals surface area contributed by atoms with E-state index in [4.69, 9.17) is 9.47 Å². The van der Waals surface area contributed by atoms with E-state index in [0.29, 0.717) is 13.2 Å². The molecule has 0 spiro atoms. The van der Waals surface area contributed by atoms with Crippen LogP contribution in [0.15, 0.2) is 53.4 Å². The van der Waals surface area contributed by atoms with Crippen LogP contribution >= 0.6 is 11.8 Å². The fourth-order valence-corrected chi connectivity index (χ4v) is 3.14. The van der Waals surface area contributed by atoms with Gasteiger partial charge in [0.05, 0.1) is 18.5 Å². The molecule has 0 saturated carbocycles. The average Bonchev–Trinajstić information content (AvgIpc) is 2.80. The van der Waals surface area contributed by atoms with Crippen molar-refractivity contribution in [3.63, 3.8) is 0 Å². The molecule has 1 heterocycles. The summed E-state index contributed by atoms with van der Waals surface area (Å²) in [5, 5.41) is 2.71. The van der Waals surface area contributed by atoms with Gasteiger partial charge in [-0.1, -0.05) is 18.2 Å². The molecular formula is C18H19NO3S. The molecule has 120 valence electrons. The molecule has 0 aromatic heterocycles. The smallest absolute Gasteiger partial charge is 0.237 e. The van der Waals surface area contributed by atoms with E-state index in [9.17, 15) is 4.79 Å². The molecule has 4 nitrogen and oxygen atoms in total. The van der Waals surface area contributed by atoms with Gasteiger partial charge in [-0.25, -0.2) is 0 Å². The highest BCUT2D eigenvalue weighted by molar-refractivity contribution is 8.00. The summed E-state index contributed by atoms with van der Waals surface area (Å²) in [6, 6.07) is 15.3. The predicted octanol–water partition coefficient (Wildman–Crippen LogP) is 3.97. The van der Waals surface area contributed by atoms with Crippen molar-refractivity contribution in [2.24, 2.45) is 0 Å². The lowest BCUT2D eigenvalue weighted by molar-refractivity contribution is -0.115. The largest absolute Gasteiger partial charge is 0.490 e. The summed E-state index contributed by atoms with van der Waals surface area (Å²) in [4.78, 5) is 13.3. The van der Waals surface area contributed by atoms with Gasteiger partial charge in [-0.2, -0.15) is 0 Å². The lowest BCUT2D eigenvalue weighted by atomic mass is 10.3. The molecule has 1 aliphatic rings. The summed E-state index contributed by atoms with van der Waals surface area (Å²) in [5.41, 5.74) is 0.809. The van der Waals surface area contributed by atoms with Gasteiger partial charge in [0.25, 0.3) is 0 Å². The molecule has 1 atom stereocenters. The summed E-state index contributed by atoms with van der Waals surface area (Å²) in [6.45, 7) is 3.23. The highest BCUT2D eigenvalue weighted by atomic mass is 32.2. The third kappa shape index (κ3) is 4.20. The van der Waals surface area contributed by atoms with Crippen LogP contribution in [0.3, 0.4) is 0 Å². The van der Waals surface area contributed by atoms with Crippen LogP contribution in [0.2, 0.25) is 0 Å². The molecular weight excluding hydrogens is 310 g/mol. The number of amides is 1. The van der Waals surface area contributed by atoms with Gasteiger partial charge in [-0.05, 0) is 37.3 Å². The van der Waals surface area contributed by atoms with Crippen molar-refractivity contribution < 1.29 is 14.3 Å². The number of ether oxygens (including phenoxy) is 2. The van der Waals surface area contributed by atoms with Crippen molar-refractivity contribution in [3.8, 4) is 11.5 Å². The zero-order valence-electron chi connectivity index (χ0n) is 13.0. The van der Waals surface area contributed by atoms with Crippen molar-refractivity contribution in [2.75, 3.05) is 18.5 Å². The van der Waals surface area contributed by atoms with Gasteiger partial charge in [-0.15, -0.1) is 11.8 Å². The standard InChI is InChI=1S/C18H19NO3S/c1-13(18(20)19-14-6-3-2-4-7-14)23-15-8-9-16-17(12-15)22-11-5-10-21-16/h2-4,6-9,12-13H,5,10-11H2,1H3,(H,19,20)/t13-/m1/s1. The van der Waals surface area contributed by atoms with Crippen molar-refractivity contribution in [3.05, 3.63) is 48.5 Å². The van der Waals surface area contributed by atoms with Gasteiger partial charge < -0.3 is 14.8 Å². The van der Waals surface area contributed by atoms with Crippen LogP contribution in [0.5, 0.6) is 11.5 Å². The Balaban J connectivity index is 1.64. The van der Waals surface area contributed by atoms with Gasteiger partial charge >= 0.3 is 0 Å². The van der Waals surface area contributed by atoms with Crippen LogP contribution in [-0.4, -0.2) is 24.4 Å². The van der Waals surface area contributed by atoms with Gasteiger partial charge in [0.2, 0.25) is 5.91 Å². The van der Waals surface area contributed by atoms with E-state index in [1.807, 2.05) is 55.5 Å². The first-order chi connectivity index (χ1) is 11.2. The lowest BCUT2D eigenvalue weighted by Gasteiger charge is -2.13. The minimum absolute atomic E-state index is 0.0201. The summed E-state index contributed by atoms with van der Waals surface area (Å²) >= 11 is 1.50. The van der Waals surface area contributed by atoms with Crippen LogP contribution in [0.4, 0.5) is 5.69 Å². The number of carbonyl (C=O) groups excluding carboxylic acids is 1. The van der Waals surface area contributed by atoms with Crippen LogP contribution in [-0.2, 0) is 4.79 Å². The fourth-order valence-electron chi connectivity index (χ4n) is 2.24. The predicted molar refractivity (Wildman–Crippen MR) is 92.4 cm³/mol. The van der Waals surface area contributed by atoms with Crippen molar-refractivity contribution in [2.45, 2.75) is 23.5 Å². The van der Waals surface area contributed by atoms with Crippen LogP contribution in [0.25, 0.3) is 0 Å². The molecule has 0 aliphatic carbocycles. The summed E-state index contributed by atoms with van der Waals surface area (Å²) in [5.74, 6) is 1.50. The van der Waals surface area contributed by atoms with Crippen LogP contribution in [0, 0.1) is 0 Å². The van der Waals surface area contributed by atoms with Crippen molar-refractivity contribution >= 4 is 23.4 Å². The summed E-state index contributed by atoms with van der Waals surface area (Å²) < 4.78 is 11.3. The first-order valence-electron chi connectivity index (χ1n) is 7.64. The Morgan fingerprint density at radius 1 is 1.09 bits per heavy atom. The number of rotatable bonds is 4. The number of thioether (sulfide) groups is 1. The monoisotopic (exact) mass is 329 g/mol. The molecule has 1 amide bonds. The maximum atomic E-state index is 12.3. The summed E-state index contributed by atoms with van der Waals surface area (Å²) in [6.07, 6.45) is 0.882. The minimum atomic E-state index is -0.208. The molecule has 23 heavy (non-hydrogen) atoms. The van der Waals surface area contributed by atoms with Crippen molar-refractivity contribution in [1.82, 2.24) is 0 Å². The van der Waals surface area contributed by atoms with Gasteiger partial charge in [0.15, 0.2) is 11.5 Å². The van der Waals surface area contributed by atoms with E-state index >= 15 is 0 Å². The van der Waals surface area contributed by atoms with E-state index in [1.165, 1.54) is 11.8 Å². The second kappa shape index (κ2) is 7.42. The number of anilines is 1. The van der Waals surface area contributed by atoms with Crippen LogP contribution in [0.1, 0.15) is 13.3 Å². The number of hydrogen-bond acceptors (Lipinski definition) is 4. The molecule has 0 saturated heterocycles. The van der Waals surface area contributed by atoms with E-state index in [-0.39, 0.29) is 11.2 Å². The van der Waals surface area contributed by atoms with Gasteiger partial charge in [0, 0.05) is 17.0 Å². The Morgan fingerprint density at radius 3 is 2.61 bits per heavy atom. The zero-order chi connectivity index (χ0) is 16.1. The Morgan fingerprint density at radius 2 is 1.83 bits per heavy atom. The number of nitrogens with one attached hydrogen (secondary N) is 1. The normalized spacial score (nSPS) is 14.7. The number of fused-ring (bicyclic) bond motifs is 1. The van der Waals surface area contributed by atoms with Gasteiger partial charge in [0.1, 0.15) is 0 Å². The Kier molecular flexibility index (Phi) is 5.08. The highest BCUT2D eigenvalue weighted by Gasteiger charge is 2.17. The molecule has 2 aromatic rings. The first kappa shape index (κ1) is 15.7. The molecule has 0 radical (unpaired) electrons. The topological polar surface area (TPSA) is 47.6 Å². The molecule has 3 rings (SSSR count). The van der Waals surface area contributed by atoms with E-state index in [0.717, 1.165) is 28.5 Å². The van der Waals surface area contributed by atoms with Gasteiger partial charge in [-0.3, -0.25) is 4.79 Å². The molecule has 0 bridgehead atoms. The number of para-hydroxylation sites is 1. The maximum Gasteiger partial charge on any atom is 0.237 e. The van der Waals surface area contributed by atoms with E-state index < -0.39 is 0 Å². The second-order valence-electron chi connectivity index (χ2n) is 5.27. The molecule has 1 N–H and O–H groups in total. The number of hydrogen-bond donors (Lipinski definition) is 1. The third-order valence-electron chi connectivity index (χ3n) is 3.44. The lowest BCUT2D eigenvalue weighted by Crippen LogP contribution is -2.22. The first-order valence-corrected chi connectivity index (χ1v) is 8.52. The zero-order valence-corrected chi connectivity index (χ0v) is 13.8. The Hall–Kier alpha value is -2.14. The average molecular weight is 329 g/mol. The maximum absolute atomic E-state index is 12.3. The molecule has 1 aliphatic heterocycles. The molecule has 2 aromatic carbocycles. The quantitative estimate of drug-likeness (QED) is 0.862. The SMILES string of the molecule is C[C@@H](Sc1ccc2c(c1)OCCCO2)C(=O)Nc1ccccc1. The second-order valence-corrected chi connectivity index (χ2v) is 6.69. The van der Waals surface area contributed by atoms with Crippen molar-refractivity contribution in [1.29, 1.82) is 0 Å². The third-order valence-corrected chi connectivity index (χ3v) is 4.54. The highest BCUT2D eigenvalue weighted by Crippen LogP contribution is 2.35. The molecule has 0 fully saturated rings. The fraction of sp³-hybridized carbons (Fsp3) is 0.278. The van der Waals surface area contributed by atoms with Crippen LogP contribution < -0.4 is 14.8 Å². The van der Waals surface area contributed by atoms with E-state index in [2.05, 4.69) is 5.32 Å². The van der Waals surface area contributed by atoms with E-state index in [1.54, 1.807) is 0 Å².